The lowest BCUT2D eigenvalue weighted by atomic mass is 10.0. The Morgan fingerprint density at radius 1 is 1.19 bits per heavy atom. The minimum absolute atomic E-state index is 0.127. The van der Waals surface area contributed by atoms with Crippen molar-refractivity contribution in [1.29, 1.82) is 0 Å². The van der Waals surface area contributed by atoms with E-state index in [2.05, 4.69) is 5.32 Å². The largest absolute Gasteiger partial charge is 0.459 e. The number of carbonyl (C=O) groups excluding carboxylic acids is 2. The number of carbonyl (C=O) groups is 2. The molecule has 0 bridgehead atoms. The maximum Gasteiger partial charge on any atom is 0.291 e. The van der Waals surface area contributed by atoms with Gasteiger partial charge in [0.1, 0.15) is 11.6 Å². The Bertz CT molecular complexity index is 1010. The summed E-state index contributed by atoms with van der Waals surface area (Å²) in [6.45, 7) is 0.348. The van der Waals surface area contributed by atoms with Crippen LogP contribution in [0, 0.1) is 11.6 Å². The number of halogens is 2. The quantitative estimate of drug-likeness (QED) is 0.720. The molecule has 4 rings (SSSR count). The molecule has 1 aliphatic rings. The highest BCUT2D eigenvalue weighted by molar-refractivity contribution is 7.18. The van der Waals surface area contributed by atoms with Crippen LogP contribution in [0.25, 0.3) is 0 Å². The third-order valence-corrected chi connectivity index (χ3v) is 5.24. The Hall–Kier alpha value is -3.00. The van der Waals surface area contributed by atoms with Crippen molar-refractivity contribution < 1.29 is 22.8 Å². The van der Waals surface area contributed by atoms with Crippen LogP contribution in [0.1, 0.15) is 32.2 Å². The van der Waals surface area contributed by atoms with Gasteiger partial charge in [0.05, 0.1) is 21.8 Å². The number of hydrogen-bond donors (Lipinski definition) is 1. The number of hydrogen-bond acceptors (Lipinski definition) is 4. The minimum Gasteiger partial charge on any atom is -0.459 e. The Kier molecular flexibility index (Phi) is 4.49. The lowest BCUT2D eigenvalue weighted by Gasteiger charge is -2.29. The SMILES string of the molecule is O=C(Nc1ccc(C(=O)N2CCCc3cc(F)cc(F)c32)s1)c1ccco1. The van der Waals surface area contributed by atoms with E-state index in [4.69, 9.17) is 4.42 Å². The maximum absolute atomic E-state index is 14.3. The molecule has 0 saturated heterocycles. The molecule has 0 unspecified atom stereocenters. The van der Waals surface area contributed by atoms with Crippen LogP contribution in [0.2, 0.25) is 0 Å². The van der Waals surface area contributed by atoms with Gasteiger partial charge in [-0.25, -0.2) is 8.78 Å². The van der Waals surface area contributed by atoms with Gasteiger partial charge in [-0.05, 0) is 48.7 Å². The molecule has 0 fully saturated rings. The summed E-state index contributed by atoms with van der Waals surface area (Å²) in [5.41, 5.74) is 0.609. The highest BCUT2D eigenvalue weighted by Crippen LogP contribution is 2.33. The van der Waals surface area contributed by atoms with E-state index >= 15 is 0 Å². The number of rotatable bonds is 3. The van der Waals surface area contributed by atoms with Crippen LogP contribution in [0.3, 0.4) is 0 Å². The molecular formula is C19H14F2N2O3S. The Morgan fingerprint density at radius 3 is 2.81 bits per heavy atom. The summed E-state index contributed by atoms with van der Waals surface area (Å²) in [6, 6.07) is 8.35. The molecule has 1 aromatic carbocycles. The second kappa shape index (κ2) is 6.96. The minimum atomic E-state index is -0.749. The third-order valence-electron chi connectivity index (χ3n) is 4.25. The fraction of sp³-hybridized carbons (Fsp3) is 0.158. The van der Waals surface area contributed by atoms with E-state index in [-0.39, 0.29) is 17.4 Å². The highest BCUT2D eigenvalue weighted by Gasteiger charge is 2.28. The summed E-state index contributed by atoms with van der Waals surface area (Å²) in [5, 5.41) is 3.12. The number of nitrogens with zero attached hydrogens (tertiary/aromatic N) is 1. The summed E-state index contributed by atoms with van der Waals surface area (Å²) in [5.74, 6) is -2.05. The van der Waals surface area contributed by atoms with Crippen LogP contribution in [0.4, 0.5) is 19.5 Å². The molecule has 3 heterocycles. The summed E-state index contributed by atoms with van der Waals surface area (Å²) < 4.78 is 32.8. The van der Waals surface area contributed by atoms with Gasteiger partial charge in [-0.2, -0.15) is 0 Å². The Labute approximate surface area is 157 Å². The van der Waals surface area contributed by atoms with Gasteiger partial charge in [0.15, 0.2) is 5.76 Å². The molecule has 1 aliphatic heterocycles. The van der Waals surface area contributed by atoms with E-state index in [0.717, 1.165) is 17.4 Å². The van der Waals surface area contributed by atoms with Crippen LogP contribution in [-0.2, 0) is 6.42 Å². The van der Waals surface area contributed by atoms with Crippen molar-refractivity contribution in [3.05, 3.63) is 70.5 Å². The fourth-order valence-electron chi connectivity index (χ4n) is 3.09. The molecule has 3 aromatic rings. The molecule has 0 atom stereocenters. The average molecular weight is 388 g/mol. The Morgan fingerprint density at radius 2 is 2.04 bits per heavy atom. The number of thiophene rings is 1. The molecule has 0 aliphatic carbocycles. The zero-order valence-electron chi connectivity index (χ0n) is 14.0. The molecule has 0 radical (unpaired) electrons. The van der Waals surface area contributed by atoms with Gasteiger partial charge < -0.3 is 14.6 Å². The van der Waals surface area contributed by atoms with Gasteiger partial charge in [0, 0.05) is 12.6 Å². The van der Waals surface area contributed by atoms with Crippen molar-refractivity contribution >= 4 is 33.8 Å². The lowest BCUT2D eigenvalue weighted by molar-refractivity contribution is 0.0983. The predicted octanol–water partition coefficient (Wildman–Crippen LogP) is 4.46. The molecule has 5 nitrogen and oxygen atoms in total. The van der Waals surface area contributed by atoms with Gasteiger partial charge >= 0.3 is 0 Å². The van der Waals surface area contributed by atoms with Crippen molar-refractivity contribution in [3.8, 4) is 0 Å². The lowest BCUT2D eigenvalue weighted by Crippen LogP contribution is -2.36. The van der Waals surface area contributed by atoms with E-state index in [1.54, 1.807) is 18.2 Å². The van der Waals surface area contributed by atoms with Crippen molar-refractivity contribution in [2.75, 3.05) is 16.8 Å². The molecule has 0 spiro atoms. The summed E-state index contributed by atoms with van der Waals surface area (Å²) in [6.07, 6.45) is 2.53. The molecule has 138 valence electrons. The van der Waals surface area contributed by atoms with Crippen LogP contribution in [0.5, 0.6) is 0 Å². The second-order valence-electron chi connectivity index (χ2n) is 6.05. The van der Waals surface area contributed by atoms with Gasteiger partial charge in [-0.15, -0.1) is 11.3 Å². The first kappa shape index (κ1) is 17.4. The molecule has 2 amide bonds. The number of amides is 2. The predicted molar refractivity (Wildman–Crippen MR) is 97.3 cm³/mol. The van der Waals surface area contributed by atoms with Crippen LogP contribution < -0.4 is 10.2 Å². The molecule has 0 saturated carbocycles. The number of nitrogens with one attached hydrogen (secondary N) is 1. The van der Waals surface area contributed by atoms with Crippen molar-refractivity contribution in [1.82, 2.24) is 0 Å². The van der Waals surface area contributed by atoms with Crippen molar-refractivity contribution in [2.24, 2.45) is 0 Å². The molecule has 2 aromatic heterocycles. The standard InChI is InChI=1S/C19H14F2N2O3S/c20-12-9-11-3-1-7-23(17(11)13(21)10-12)19(25)15-5-6-16(27-15)22-18(24)14-4-2-8-26-14/h2,4-6,8-10H,1,3,7H2,(H,22,24). The smallest absolute Gasteiger partial charge is 0.291 e. The van der Waals surface area contributed by atoms with E-state index in [1.165, 1.54) is 23.3 Å². The van der Waals surface area contributed by atoms with Gasteiger partial charge in [-0.1, -0.05) is 0 Å². The van der Waals surface area contributed by atoms with Crippen LogP contribution in [0.15, 0.2) is 47.1 Å². The zero-order valence-corrected chi connectivity index (χ0v) is 14.8. The van der Waals surface area contributed by atoms with E-state index in [0.29, 0.717) is 34.8 Å². The summed E-state index contributed by atoms with van der Waals surface area (Å²) >= 11 is 1.08. The van der Waals surface area contributed by atoms with E-state index in [1.807, 2.05) is 0 Å². The zero-order chi connectivity index (χ0) is 19.0. The van der Waals surface area contributed by atoms with Crippen LogP contribution >= 0.6 is 11.3 Å². The topological polar surface area (TPSA) is 62.6 Å². The molecule has 1 N–H and O–H groups in total. The van der Waals surface area contributed by atoms with Crippen molar-refractivity contribution in [2.45, 2.75) is 12.8 Å². The second-order valence-corrected chi connectivity index (χ2v) is 7.13. The number of aryl methyl sites for hydroxylation is 1. The summed E-state index contributed by atoms with van der Waals surface area (Å²) in [4.78, 5) is 26.6. The maximum atomic E-state index is 14.3. The average Bonchev–Trinajstić information content (AvgIpc) is 3.32. The number of anilines is 2. The monoisotopic (exact) mass is 388 g/mol. The first-order valence-electron chi connectivity index (χ1n) is 8.27. The molecular weight excluding hydrogens is 374 g/mol. The number of furan rings is 1. The van der Waals surface area contributed by atoms with Gasteiger partial charge in [0.2, 0.25) is 0 Å². The first-order valence-corrected chi connectivity index (χ1v) is 9.09. The fourth-order valence-corrected chi connectivity index (χ4v) is 3.94. The number of fused-ring (bicyclic) bond motifs is 1. The molecule has 8 heteroatoms. The van der Waals surface area contributed by atoms with Crippen LogP contribution in [-0.4, -0.2) is 18.4 Å². The Balaban J connectivity index is 1.57. The van der Waals surface area contributed by atoms with E-state index in [9.17, 15) is 18.4 Å². The van der Waals surface area contributed by atoms with Crippen molar-refractivity contribution in [3.63, 3.8) is 0 Å². The summed E-state index contributed by atoms with van der Waals surface area (Å²) in [7, 11) is 0. The van der Waals surface area contributed by atoms with Gasteiger partial charge in [0.25, 0.3) is 11.8 Å². The molecule has 27 heavy (non-hydrogen) atoms. The highest BCUT2D eigenvalue weighted by atomic mass is 32.1. The van der Waals surface area contributed by atoms with E-state index < -0.39 is 17.5 Å². The first-order chi connectivity index (χ1) is 13.0. The van der Waals surface area contributed by atoms with Gasteiger partial charge in [-0.3, -0.25) is 9.59 Å². The normalized spacial score (nSPS) is 13.3. The number of benzene rings is 1. The third kappa shape index (κ3) is 3.35.